The summed E-state index contributed by atoms with van der Waals surface area (Å²) in [6, 6.07) is 16.7. The van der Waals surface area contributed by atoms with Crippen molar-refractivity contribution in [2.24, 2.45) is 0 Å². The molecule has 2 aromatic rings. The summed E-state index contributed by atoms with van der Waals surface area (Å²) in [6.45, 7) is 2.08. The number of esters is 1. The lowest BCUT2D eigenvalue weighted by molar-refractivity contribution is -0.148. The minimum atomic E-state index is -0.436. The van der Waals surface area contributed by atoms with Crippen molar-refractivity contribution in [2.75, 3.05) is 25.5 Å². The predicted octanol–water partition coefficient (Wildman–Crippen LogP) is 3.50. The molecule has 7 heteroatoms. The molecule has 0 aliphatic heterocycles. The summed E-state index contributed by atoms with van der Waals surface area (Å²) in [5.74, 6) is 0.631. The summed E-state index contributed by atoms with van der Waals surface area (Å²) < 4.78 is 10.5. The Morgan fingerprint density at radius 2 is 1.72 bits per heavy atom. The highest BCUT2D eigenvalue weighted by Crippen LogP contribution is 2.15. The van der Waals surface area contributed by atoms with E-state index in [0.717, 1.165) is 10.6 Å². The lowest BCUT2D eigenvalue weighted by Gasteiger charge is -2.08. The van der Waals surface area contributed by atoms with E-state index < -0.39 is 5.97 Å². The smallest absolute Gasteiger partial charge is 0.306 e. The molecule has 0 atom stereocenters. The monoisotopic (exact) mass is 415 g/mol. The molecular weight excluding hydrogens is 390 g/mol. The number of ketones is 1. The molecule has 0 aliphatic rings. The molecule has 0 radical (unpaired) electrons. The van der Waals surface area contributed by atoms with Gasteiger partial charge in [-0.25, -0.2) is 0 Å². The molecule has 0 aromatic heterocycles. The number of ether oxygens (including phenoxy) is 2. The van der Waals surface area contributed by atoms with Gasteiger partial charge >= 0.3 is 5.97 Å². The molecule has 0 aliphatic carbocycles. The zero-order chi connectivity index (χ0) is 20.9. The fourth-order valence-electron chi connectivity index (χ4n) is 2.34. The third kappa shape index (κ3) is 9.30. The summed E-state index contributed by atoms with van der Waals surface area (Å²) in [7, 11) is 0. The highest BCUT2D eigenvalue weighted by molar-refractivity contribution is 7.99. The van der Waals surface area contributed by atoms with Gasteiger partial charge in [-0.05, 0) is 49.7 Å². The second-order valence-corrected chi connectivity index (χ2v) is 7.37. The Balaban J connectivity index is 1.50. The van der Waals surface area contributed by atoms with Crippen LogP contribution in [0, 0.1) is 0 Å². The maximum absolute atomic E-state index is 11.7. The van der Waals surface area contributed by atoms with Gasteiger partial charge in [0.2, 0.25) is 0 Å². The van der Waals surface area contributed by atoms with E-state index in [9.17, 15) is 14.4 Å². The van der Waals surface area contributed by atoms with Crippen molar-refractivity contribution in [3.05, 3.63) is 60.2 Å². The van der Waals surface area contributed by atoms with E-state index in [-0.39, 0.29) is 24.7 Å². The van der Waals surface area contributed by atoms with Gasteiger partial charge in [-0.1, -0.05) is 18.2 Å². The minimum absolute atomic E-state index is 0.00159. The van der Waals surface area contributed by atoms with Crippen LogP contribution in [0.3, 0.4) is 0 Å². The van der Waals surface area contributed by atoms with Crippen LogP contribution in [0.15, 0.2) is 59.5 Å². The number of nitrogens with one attached hydrogen (secondary N) is 1. The van der Waals surface area contributed by atoms with Crippen LogP contribution in [0.1, 0.15) is 30.1 Å². The van der Waals surface area contributed by atoms with Crippen molar-refractivity contribution >= 4 is 29.4 Å². The fraction of sp³-hybridized carbons (Fsp3) is 0.318. The fourth-order valence-corrected chi connectivity index (χ4v) is 3.13. The van der Waals surface area contributed by atoms with Gasteiger partial charge in [-0.3, -0.25) is 14.4 Å². The van der Waals surface area contributed by atoms with Crippen molar-refractivity contribution in [3.8, 4) is 5.75 Å². The summed E-state index contributed by atoms with van der Waals surface area (Å²) >= 11 is 1.65. The molecule has 0 saturated carbocycles. The standard InChI is InChI=1S/C22H25NO5S/c1-17(24)18-9-11-19(12-10-18)27-14-5-8-22(26)28-16-21(25)23-13-15-29-20-6-3-2-4-7-20/h2-4,6-7,9-12H,5,8,13-16H2,1H3,(H,23,25). The second kappa shape index (κ2) is 12.6. The molecule has 2 aromatic carbocycles. The number of Topliss-reactive ketones (excluding diaryl/α,β-unsaturated/α-hetero) is 1. The molecule has 6 nitrogen and oxygen atoms in total. The molecule has 29 heavy (non-hydrogen) atoms. The first-order chi connectivity index (χ1) is 14.0. The van der Waals surface area contributed by atoms with Crippen LogP contribution in [0.5, 0.6) is 5.75 Å². The zero-order valence-corrected chi connectivity index (χ0v) is 17.2. The van der Waals surface area contributed by atoms with Crippen molar-refractivity contribution in [1.82, 2.24) is 5.32 Å². The lowest BCUT2D eigenvalue weighted by atomic mass is 10.1. The van der Waals surface area contributed by atoms with Crippen molar-refractivity contribution < 1.29 is 23.9 Å². The van der Waals surface area contributed by atoms with Gasteiger partial charge in [0.25, 0.3) is 5.91 Å². The molecule has 154 valence electrons. The van der Waals surface area contributed by atoms with E-state index in [1.807, 2.05) is 30.3 Å². The molecule has 0 heterocycles. The second-order valence-electron chi connectivity index (χ2n) is 6.20. The maximum atomic E-state index is 11.7. The first kappa shape index (κ1) is 22.5. The molecular formula is C22H25NO5S. The van der Waals surface area contributed by atoms with Crippen LogP contribution in [0.25, 0.3) is 0 Å². The van der Waals surface area contributed by atoms with Gasteiger partial charge in [-0.2, -0.15) is 0 Å². The maximum Gasteiger partial charge on any atom is 0.306 e. The topological polar surface area (TPSA) is 81.7 Å². The van der Waals surface area contributed by atoms with Gasteiger partial charge in [0, 0.05) is 29.2 Å². The molecule has 0 saturated heterocycles. The van der Waals surface area contributed by atoms with Crippen LogP contribution in [0.4, 0.5) is 0 Å². The van der Waals surface area contributed by atoms with Gasteiger partial charge in [0.05, 0.1) is 6.61 Å². The van der Waals surface area contributed by atoms with Crippen LogP contribution >= 0.6 is 11.8 Å². The Morgan fingerprint density at radius 1 is 1.00 bits per heavy atom. The van der Waals surface area contributed by atoms with E-state index in [1.54, 1.807) is 36.0 Å². The highest BCUT2D eigenvalue weighted by Gasteiger charge is 2.07. The molecule has 0 bridgehead atoms. The third-order valence-corrected chi connectivity index (χ3v) is 4.87. The summed E-state index contributed by atoms with van der Waals surface area (Å²) in [5, 5.41) is 2.72. The molecule has 0 spiro atoms. The largest absolute Gasteiger partial charge is 0.494 e. The number of carbonyl (C=O) groups is 3. The van der Waals surface area contributed by atoms with Crippen LogP contribution in [-0.2, 0) is 14.3 Å². The molecule has 0 unspecified atom stereocenters. The number of hydrogen-bond donors (Lipinski definition) is 1. The number of carbonyl (C=O) groups excluding carboxylic acids is 3. The first-order valence-electron chi connectivity index (χ1n) is 9.38. The third-order valence-electron chi connectivity index (χ3n) is 3.86. The van der Waals surface area contributed by atoms with E-state index in [2.05, 4.69) is 5.32 Å². The summed E-state index contributed by atoms with van der Waals surface area (Å²) in [4.78, 5) is 35.8. The molecule has 1 N–H and O–H groups in total. The molecule has 2 rings (SSSR count). The summed E-state index contributed by atoms with van der Waals surface area (Å²) in [5.41, 5.74) is 0.623. The normalized spacial score (nSPS) is 10.2. The predicted molar refractivity (Wildman–Crippen MR) is 112 cm³/mol. The van der Waals surface area contributed by atoms with E-state index in [0.29, 0.717) is 30.9 Å². The number of rotatable bonds is 12. The summed E-state index contributed by atoms with van der Waals surface area (Å²) in [6.07, 6.45) is 0.644. The Bertz CT molecular complexity index is 793. The van der Waals surface area contributed by atoms with E-state index >= 15 is 0 Å². The highest BCUT2D eigenvalue weighted by atomic mass is 32.2. The number of amides is 1. The van der Waals surface area contributed by atoms with Crippen molar-refractivity contribution in [3.63, 3.8) is 0 Å². The van der Waals surface area contributed by atoms with Crippen LogP contribution in [-0.4, -0.2) is 43.2 Å². The van der Waals surface area contributed by atoms with Gasteiger partial charge in [-0.15, -0.1) is 11.8 Å². The Kier molecular flexibility index (Phi) is 9.78. The number of hydrogen-bond acceptors (Lipinski definition) is 6. The Labute approximate surface area is 175 Å². The molecule has 1 amide bonds. The van der Waals surface area contributed by atoms with E-state index in [4.69, 9.17) is 9.47 Å². The quantitative estimate of drug-likeness (QED) is 0.247. The average Bonchev–Trinajstić information content (AvgIpc) is 2.74. The minimum Gasteiger partial charge on any atom is -0.494 e. The number of thioether (sulfide) groups is 1. The van der Waals surface area contributed by atoms with Crippen molar-refractivity contribution in [1.29, 1.82) is 0 Å². The van der Waals surface area contributed by atoms with Gasteiger partial charge in [0.15, 0.2) is 12.4 Å². The number of benzene rings is 2. The van der Waals surface area contributed by atoms with Gasteiger partial charge in [0.1, 0.15) is 5.75 Å². The van der Waals surface area contributed by atoms with E-state index in [1.165, 1.54) is 6.92 Å². The molecule has 0 fully saturated rings. The SMILES string of the molecule is CC(=O)c1ccc(OCCCC(=O)OCC(=O)NCCSc2ccccc2)cc1. The van der Waals surface area contributed by atoms with Crippen LogP contribution < -0.4 is 10.1 Å². The van der Waals surface area contributed by atoms with Crippen molar-refractivity contribution in [2.45, 2.75) is 24.7 Å². The first-order valence-corrected chi connectivity index (χ1v) is 10.4. The van der Waals surface area contributed by atoms with Crippen LogP contribution in [0.2, 0.25) is 0 Å². The Hall–Kier alpha value is -2.80. The lowest BCUT2D eigenvalue weighted by Crippen LogP contribution is -2.30. The average molecular weight is 416 g/mol. The zero-order valence-electron chi connectivity index (χ0n) is 16.4. The Morgan fingerprint density at radius 3 is 2.41 bits per heavy atom. The van der Waals surface area contributed by atoms with Gasteiger partial charge < -0.3 is 14.8 Å².